The van der Waals surface area contributed by atoms with Crippen molar-refractivity contribution in [1.82, 2.24) is 15.2 Å². The van der Waals surface area contributed by atoms with Gasteiger partial charge in [-0.2, -0.15) is 0 Å². The lowest BCUT2D eigenvalue weighted by Crippen LogP contribution is -2.51. The van der Waals surface area contributed by atoms with E-state index in [-0.39, 0.29) is 5.54 Å². The number of benzene rings is 1. The van der Waals surface area contributed by atoms with Gasteiger partial charge in [-0.1, -0.05) is 25.0 Å². The summed E-state index contributed by atoms with van der Waals surface area (Å²) in [5.41, 5.74) is 2.67. The lowest BCUT2D eigenvalue weighted by atomic mass is 9.82. The molecule has 1 aromatic heterocycles. The highest BCUT2D eigenvalue weighted by molar-refractivity contribution is 5.79. The number of rotatable bonds is 4. The molecule has 112 valence electrons. The monoisotopic (exact) mass is 283 g/mol. The summed E-state index contributed by atoms with van der Waals surface area (Å²) >= 11 is 0. The smallest absolute Gasteiger partial charge is 0.0702 e. The molecule has 1 fully saturated rings. The number of nitrogens with one attached hydrogen (secondary N) is 1. The van der Waals surface area contributed by atoms with Gasteiger partial charge in [0, 0.05) is 17.1 Å². The molecule has 3 heteroatoms. The second-order valence-corrected chi connectivity index (χ2v) is 6.38. The van der Waals surface area contributed by atoms with E-state index in [1.54, 1.807) is 0 Å². The Morgan fingerprint density at radius 2 is 1.95 bits per heavy atom. The topological polar surface area (TPSA) is 28.2 Å². The fraction of sp³-hybridized carbons (Fsp3) is 0.500. The predicted molar refractivity (Wildman–Crippen MR) is 88.4 cm³/mol. The number of hydrogen-bond acceptors (Lipinski definition) is 3. The van der Waals surface area contributed by atoms with Crippen LogP contribution in [0.4, 0.5) is 0 Å². The average molecular weight is 283 g/mol. The molecule has 1 unspecified atom stereocenters. The van der Waals surface area contributed by atoms with E-state index in [1.165, 1.54) is 36.6 Å². The third kappa shape index (κ3) is 2.45. The van der Waals surface area contributed by atoms with Crippen LogP contribution in [0, 0.1) is 0 Å². The van der Waals surface area contributed by atoms with E-state index in [9.17, 15) is 0 Å². The van der Waals surface area contributed by atoms with Crippen LogP contribution >= 0.6 is 0 Å². The molecule has 0 bridgehead atoms. The maximum Gasteiger partial charge on any atom is 0.0702 e. The number of nitrogens with zero attached hydrogens (tertiary/aromatic N) is 2. The Kier molecular flexibility index (Phi) is 3.96. The molecule has 0 saturated heterocycles. The van der Waals surface area contributed by atoms with Crippen LogP contribution < -0.4 is 5.32 Å². The molecule has 3 nitrogen and oxygen atoms in total. The van der Waals surface area contributed by atoms with Crippen molar-refractivity contribution in [2.24, 2.45) is 0 Å². The Morgan fingerprint density at radius 1 is 1.19 bits per heavy atom. The molecule has 1 aromatic carbocycles. The van der Waals surface area contributed by atoms with Gasteiger partial charge in [0.2, 0.25) is 0 Å². The molecular formula is C18H25N3. The summed E-state index contributed by atoms with van der Waals surface area (Å²) < 4.78 is 0. The van der Waals surface area contributed by atoms with Crippen LogP contribution in [0.5, 0.6) is 0 Å². The zero-order chi connectivity index (χ0) is 14.9. The van der Waals surface area contributed by atoms with Crippen molar-refractivity contribution in [2.75, 3.05) is 21.1 Å². The molecule has 1 atom stereocenters. The summed E-state index contributed by atoms with van der Waals surface area (Å²) in [6, 6.07) is 11.2. The summed E-state index contributed by atoms with van der Waals surface area (Å²) in [7, 11) is 6.53. The van der Waals surface area contributed by atoms with Gasteiger partial charge in [0.1, 0.15) is 0 Å². The first-order valence-electron chi connectivity index (χ1n) is 7.87. The SMILES string of the molecule is CNC(c1ccc2ncccc2c1)C1(N(C)C)CCCC1. The summed E-state index contributed by atoms with van der Waals surface area (Å²) in [6.45, 7) is 0. The molecule has 2 aromatic rings. The maximum atomic E-state index is 4.43. The Bertz CT molecular complexity index is 615. The van der Waals surface area contributed by atoms with E-state index < -0.39 is 0 Å². The van der Waals surface area contributed by atoms with E-state index in [0.29, 0.717) is 6.04 Å². The van der Waals surface area contributed by atoms with Gasteiger partial charge in [0.05, 0.1) is 11.6 Å². The minimum absolute atomic E-state index is 0.227. The van der Waals surface area contributed by atoms with Crippen LogP contribution in [-0.4, -0.2) is 36.6 Å². The van der Waals surface area contributed by atoms with Crippen LogP contribution in [0.25, 0.3) is 10.9 Å². The number of fused-ring (bicyclic) bond motifs is 1. The minimum Gasteiger partial charge on any atom is -0.311 e. The zero-order valence-corrected chi connectivity index (χ0v) is 13.3. The van der Waals surface area contributed by atoms with Crippen molar-refractivity contribution in [1.29, 1.82) is 0 Å². The Morgan fingerprint density at radius 3 is 2.62 bits per heavy atom. The molecule has 1 N–H and O–H groups in total. The molecule has 0 radical (unpaired) electrons. The highest BCUT2D eigenvalue weighted by atomic mass is 15.2. The molecule has 1 saturated carbocycles. The summed E-state index contributed by atoms with van der Waals surface area (Å²) in [4.78, 5) is 6.85. The van der Waals surface area contributed by atoms with Gasteiger partial charge in [-0.25, -0.2) is 0 Å². The normalized spacial score (nSPS) is 19.2. The fourth-order valence-electron chi connectivity index (χ4n) is 4.00. The lowest BCUT2D eigenvalue weighted by Gasteiger charge is -2.43. The van der Waals surface area contributed by atoms with Crippen molar-refractivity contribution in [3.05, 3.63) is 42.1 Å². The first-order valence-corrected chi connectivity index (χ1v) is 7.87. The maximum absolute atomic E-state index is 4.43. The van der Waals surface area contributed by atoms with E-state index >= 15 is 0 Å². The third-order valence-electron chi connectivity index (χ3n) is 5.15. The molecule has 3 rings (SSSR count). The molecular weight excluding hydrogens is 258 g/mol. The number of aromatic nitrogens is 1. The van der Waals surface area contributed by atoms with Gasteiger partial charge < -0.3 is 10.2 Å². The Balaban J connectivity index is 2.04. The van der Waals surface area contributed by atoms with Gasteiger partial charge >= 0.3 is 0 Å². The standard InChI is InChI=1S/C18H25N3/c1-19-17(18(21(2)3)10-4-5-11-18)15-8-9-16-14(13-15)7-6-12-20-16/h6-9,12-13,17,19H,4-5,10-11H2,1-3H3. The first-order chi connectivity index (χ1) is 10.2. The minimum atomic E-state index is 0.227. The van der Waals surface area contributed by atoms with Crippen LogP contribution in [0.1, 0.15) is 37.3 Å². The zero-order valence-electron chi connectivity index (χ0n) is 13.3. The van der Waals surface area contributed by atoms with Crippen LogP contribution in [0.15, 0.2) is 36.5 Å². The summed E-state index contributed by atoms with van der Waals surface area (Å²) in [5.74, 6) is 0. The van der Waals surface area contributed by atoms with Crippen molar-refractivity contribution < 1.29 is 0 Å². The molecule has 1 heterocycles. The van der Waals surface area contributed by atoms with E-state index in [2.05, 4.69) is 60.6 Å². The fourth-order valence-corrected chi connectivity index (χ4v) is 4.00. The molecule has 0 aliphatic heterocycles. The van der Waals surface area contributed by atoms with Gasteiger partial charge in [-0.3, -0.25) is 4.98 Å². The number of pyridine rings is 1. The number of likely N-dealkylation sites (N-methyl/N-ethyl adjacent to an activating group) is 2. The Labute approximate surface area is 127 Å². The third-order valence-corrected chi connectivity index (χ3v) is 5.15. The van der Waals surface area contributed by atoms with E-state index in [4.69, 9.17) is 0 Å². The van der Waals surface area contributed by atoms with Crippen molar-refractivity contribution >= 4 is 10.9 Å². The van der Waals surface area contributed by atoms with Gasteiger partial charge in [0.25, 0.3) is 0 Å². The molecule has 1 aliphatic rings. The van der Waals surface area contributed by atoms with Crippen LogP contribution in [0.2, 0.25) is 0 Å². The van der Waals surface area contributed by atoms with Crippen LogP contribution in [0.3, 0.4) is 0 Å². The molecule has 0 amide bonds. The average Bonchev–Trinajstić information content (AvgIpc) is 2.99. The summed E-state index contributed by atoms with van der Waals surface area (Å²) in [5, 5.41) is 4.81. The molecule has 1 aliphatic carbocycles. The second kappa shape index (κ2) is 5.74. The Hall–Kier alpha value is -1.45. The second-order valence-electron chi connectivity index (χ2n) is 6.38. The summed E-state index contributed by atoms with van der Waals surface area (Å²) in [6.07, 6.45) is 7.03. The van der Waals surface area contributed by atoms with Gasteiger partial charge in [-0.15, -0.1) is 0 Å². The lowest BCUT2D eigenvalue weighted by molar-refractivity contribution is 0.109. The first kappa shape index (κ1) is 14.5. The molecule has 0 spiro atoms. The van der Waals surface area contributed by atoms with Crippen LogP contribution in [-0.2, 0) is 0 Å². The van der Waals surface area contributed by atoms with E-state index in [0.717, 1.165) is 5.52 Å². The highest BCUT2D eigenvalue weighted by Gasteiger charge is 2.43. The van der Waals surface area contributed by atoms with Crippen molar-refractivity contribution in [3.63, 3.8) is 0 Å². The predicted octanol–water partition coefficient (Wildman–Crippen LogP) is 3.37. The van der Waals surface area contributed by atoms with Gasteiger partial charge in [-0.05, 0) is 57.7 Å². The van der Waals surface area contributed by atoms with Crippen molar-refractivity contribution in [3.8, 4) is 0 Å². The van der Waals surface area contributed by atoms with Crippen molar-refractivity contribution in [2.45, 2.75) is 37.3 Å². The highest BCUT2D eigenvalue weighted by Crippen LogP contribution is 2.43. The molecule has 21 heavy (non-hydrogen) atoms. The van der Waals surface area contributed by atoms with E-state index in [1.807, 2.05) is 12.3 Å². The largest absolute Gasteiger partial charge is 0.311 e. The number of hydrogen-bond donors (Lipinski definition) is 1. The quantitative estimate of drug-likeness (QED) is 0.932. The van der Waals surface area contributed by atoms with Gasteiger partial charge in [0.15, 0.2) is 0 Å².